The fourth-order valence-electron chi connectivity index (χ4n) is 1.27. The molecule has 0 aliphatic heterocycles. The van der Waals surface area contributed by atoms with Crippen LogP contribution in [0.1, 0.15) is 30.1 Å². The van der Waals surface area contributed by atoms with Crippen molar-refractivity contribution in [2.24, 2.45) is 0 Å². The van der Waals surface area contributed by atoms with Crippen LogP contribution in [0.3, 0.4) is 0 Å². The third-order valence-electron chi connectivity index (χ3n) is 2.30. The minimum atomic E-state index is -0.844. The highest BCUT2D eigenvalue weighted by atomic mass is 16.6. The molecule has 102 valence electrons. The number of unbranched alkanes of at least 4 members (excludes halogenated alkanes) is 1. The van der Waals surface area contributed by atoms with E-state index in [-0.39, 0.29) is 11.3 Å². The van der Waals surface area contributed by atoms with Crippen LogP contribution in [-0.2, 0) is 4.74 Å². The first-order valence-electron chi connectivity index (χ1n) is 5.79. The van der Waals surface area contributed by atoms with Gasteiger partial charge in [-0.3, -0.25) is 10.1 Å². The standard InChI is InChI=1S/C12H14N2O5/c1-2-3-8-13-12(16)19-11(15)9-4-6-10(7-5-9)14(17)18/h4-7H,2-3,8H2,1H3,(H,13,16). The van der Waals surface area contributed by atoms with Gasteiger partial charge in [0.25, 0.3) is 5.69 Å². The lowest BCUT2D eigenvalue weighted by atomic mass is 10.2. The van der Waals surface area contributed by atoms with Gasteiger partial charge in [0.2, 0.25) is 0 Å². The minimum absolute atomic E-state index is 0.0799. The summed E-state index contributed by atoms with van der Waals surface area (Å²) in [6, 6.07) is 4.82. The van der Waals surface area contributed by atoms with Gasteiger partial charge >= 0.3 is 12.1 Å². The van der Waals surface area contributed by atoms with Crippen LogP contribution in [0.4, 0.5) is 10.5 Å². The van der Waals surface area contributed by atoms with Crippen molar-refractivity contribution in [3.8, 4) is 0 Å². The molecule has 1 aromatic rings. The minimum Gasteiger partial charge on any atom is -0.373 e. The fourth-order valence-corrected chi connectivity index (χ4v) is 1.27. The summed E-state index contributed by atoms with van der Waals surface area (Å²) < 4.78 is 4.52. The van der Waals surface area contributed by atoms with E-state index in [2.05, 4.69) is 10.1 Å². The Morgan fingerprint density at radius 3 is 2.47 bits per heavy atom. The van der Waals surface area contributed by atoms with E-state index in [1.165, 1.54) is 24.3 Å². The molecule has 1 aromatic carbocycles. The molecule has 1 amide bonds. The molecule has 0 bridgehead atoms. The monoisotopic (exact) mass is 266 g/mol. The Balaban J connectivity index is 2.53. The normalized spacial score (nSPS) is 9.74. The van der Waals surface area contributed by atoms with E-state index in [0.29, 0.717) is 6.54 Å². The number of nitrogens with one attached hydrogen (secondary N) is 1. The number of hydrogen-bond donors (Lipinski definition) is 1. The Bertz CT molecular complexity index is 470. The van der Waals surface area contributed by atoms with Crippen LogP contribution in [0.2, 0.25) is 0 Å². The summed E-state index contributed by atoms with van der Waals surface area (Å²) in [7, 11) is 0. The van der Waals surface area contributed by atoms with E-state index in [0.717, 1.165) is 12.8 Å². The van der Waals surface area contributed by atoms with Crippen molar-refractivity contribution in [3.05, 3.63) is 39.9 Å². The number of benzene rings is 1. The number of alkyl carbamates (subject to hydrolysis) is 1. The highest BCUT2D eigenvalue weighted by Gasteiger charge is 2.14. The van der Waals surface area contributed by atoms with Crippen LogP contribution in [0.15, 0.2) is 24.3 Å². The third kappa shape index (κ3) is 4.74. The summed E-state index contributed by atoms with van der Waals surface area (Å²) in [5, 5.41) is 12.9. The maximum atomic E-state index is 11.5. The maximum absolute atomic E-state index is 11.5. The summed E-state index contributed by atoms with van der Waals surface area (Å²) in [4.78, 5) is 32.6. The van der Waals surface area contributed by atoms with Gasteiger partial charge in [0.05, 0.1) is 10.5 Å². The van der Waals surface area contributed by atoms with Crippen LogP contribution >= 0.6 is 0 Å². The summed E-state index contributed by atoms with van der Waals surface area (Å²) in [5.74, 6) is -0.844. The maximum Gasteiger partial charge on any atom is 0.415 e. The Kier molecular flexibility index (Phi) is 5.46. The second-order valence-corrected chi connectivity index (χ2v) is 3.76. The fraction of sp³-hybridized carbons (Fsp3) is 0.333. The van der Waals surface area contributed by atoms with Crippen LogP contribution < -0.4 is 5.32 Å². The molecule has 0 atom stereocenters. The van der Waals surface area contributed by atoms with E-state index in [1.807, 2.05) is 6.92 Å². The van der Waals surface area contributed by atoms with Crippen molar-refractivity contribution in [2.45, 2.75) is 19.8 Å². The largest absolute Gasteiger partial charge is 0.415 e. The Morgan fingerprint density at radius 1 is 1.32 bits per heavy atom. The van der Waals surface area contributed by atoms with Gasteiger partial charge in [0, 0.05) is 18.7 Å². The third-order valence-corrected chi connectivity index (χ3v) is 2.30. The van der Waals surface area contributed by atoms with Gasteiger partial charge < -0.3 is 10.1 Å². The number of amides is 1. The summed E-state index contributed by atoms with van der Waals surface area (Å²) in [5.41, 5.74) is -0.0554. The molecule has 0 fully saturated rings. The van der Waals surface area contributed by atoms with E-state index >= 15 is 0 Å². The van der Waals surface area contributed by atoms with Gasteiger partial charge in [-0.2, -0.15) is 0 Å². The van der Waals surface area contributed by atoms with E-state index in [1.54, 1.807) is 0 Å². The molecule has 0 aromatic heterocycles. The highest BCUT2D eigenvalue weighted by Crippen LogP contribution is 2.12. The van der Waals surface area contributed by atoms with Crippen LogP contribution in [-0.4, -0.2) is 23.5 Å². The lowest BCUT2D eigenvalue weighted by molar-refractivity contribution is -0.384. The predicted molar refractivity (Wildman–Crippen MR) is 66.8 cm³/mol. The van der Waals surface area contributed by atoms with Crippen molar-refractivity contribution >= 4 is 17.7 Å². The van der Waals surface area contributed by atoms with Crippen molar-refractivity contribution < 1.29 is 19.2 Å². The number of carbonyl (C=O) groups excluding carboxylic acids is 2. The number of non-ortho nitro benzene ring substituents is 1. The molecule has 1 rings (SSSR count). The average Bonchev–Trinajstić information content (AvgIpc) is 2.39. The molecule has 0 spiro atoms. The van der Waals surface area contributed by atoms with Crippen molar-refractivity contribution in [1.82, 2.24) is 5.32 Å². The molecule has 0 unspecified atom stereocenters. The van der Waals surface area contributed by atoms with Crippen molar-refractivity contribution in [1.29, 1.82) is 0 Å². The van der Waals surface area contributed by atoms with Crippen LogP contribution in [0.5, 0.6) is 0 Å². The van der Waals surface area contributed by atoms with Gasteiger partial charge in [-0.05, 0) is 18.6 Å². The number of nitro groups is 1. The molecule has 0 aliphatic carbocycles. The summed E-state index contributed by atoms with van der Waals surface area (Å²) >= 11 is 0. The van der Waals surface area contributed by atoms with Crippen molar-refractivity contribution in [3.63, 3.8) is 0 Å². The molecule has 7 nitrogen and oxygen atoms in total. The van der Waals surface area contributed by atoms with Gasteiger partial charge in [-0.15, -0.1) is 0 Å². The number of carbonyl (C=O) groups is 2. The smallest absolute Gasteiger partial charge is 0.373 e. The van der Waals surface area contributed by atoms with Gasteiger partial charge in [0.15, 0.2) is 0 Å². The van der Waals surface area contributed by atoms with E-state index < -0.39 is 17.0 Å². The molecule has 0 saturated heterocycles. The first-order chi connectivity index (χ1) is 9.04. The highest BCUT2D eigenvalue weighted by molar-refractivity contribution is 5.96. The summed E-state index contributed by atoms with van der Waals surface area (Å²) in [6.45, 7) is 2.40. The molecule has 7 heteroatoms. The van der Waals surface area contributed by atoms with Crippen LogP contribution in [0.25, 0.3) is 0 Å². The van der Waals surface area contributed by atoms with Crippen LogP contribution in [0, 0.1) is 10.1 Å². The first-order valence-corrected chi connectivity index (χ1v) is 5.79. The predicted octanol–water partition coefficient (Wildman–Crippen LogP) is 2.26. The first kappa shape index (κ1) is 14.6. The molecular formula is C12H14N2O5. The molecule has 0 heterocycles. The zero-order valence-corrected chi connectivity index (χ0v) is 10.4. The van der Waals surface area contributed by atoms with Gasteiger partial charge in [-0.25, -0.2) is 9.59 Å². The molecule has 1 N–H and O–H groups in total. The van der Waals surface area contributed by atoms with E-state index in [9.17, 15) is 19.7 Å². The lowest BCUT2D eigenvalue weighted by Crippen LogP contribution is -2.27. The van der Waals surface area contributed by atoms with Gasteiger partial charge in [-0.1, -0.05) is 13.3 Å². The zero-order valence-electron chi connectivity index (χ0n) is 10.4. The molecule has 0 aliphatic rings. The SMILES string of the molecule is CCCCNC(=O)OC(=O)c1ccc([N+](=O)[O-])cc1. The number of nitrogens with zero attached hydrogens (tertiary/aromatic N) is 1. The second-order valence-electron chi connectivity index (χ2n) is 3.76. The second kappa shape index (κ2) is 7.10. The Labute approximate surface area is 109 Å². The quantitative estimate of drug-likeness (QED) is 0.290. The molecule has 0 saturated carbocycles. The zero-order chi connectivity index (χ0) is 14.3. The average molecular weight is 266 g/mol. The number of hydrogen-bond acceptors (Lipinski definition) is 5. The molecule has 0 radical (unpaired) electrons. The number of esters is 1. The molecular weight excluding hydrogens is 252 g/mol. The number of ether oxygens (including phenoxy) is 1. The van der Waals surface area contributed by atoms with E-state index in [4.69, 9.17) is 0 Å². The lowest BCUT2D eigenvalue weighted by Gasteiger charge is -2.04. The van der Waals surface area contributed by atoms with Crippen molar-refractivity contribution in [2.75, 3.05) is 6.54 Å². The summed E-state index contributed by atoms with van der Waals surface area (Å²) in [6.07, 6.45) is 0.883. The topological polar surface area (TPSA) is 98.5 Å². The number of rotatable bonds is 5. The Hall–Kier alpha value is -2.44. The Morgan fingerprint density at radius 2 is 1.95 bits per heavy atom. The van der Waals surface area contributed by atoms with Gasteiger partial charge in [0.1, 0.15) is 0 Å². The number of nitro benzene ring substituents is 1. The molecule has 19 heavy (non-hydrogen) atoms.